The molecule has 4 aromatic rings. The molecule has 0 saturated heterocycles. The summed E-state index contributed by atoms with van der Waals surface area (Å²) < 4.78 is 93.0. The molecule has 268 valence electrons. The summed E-state index contributed by atoms with van der Waals surface area (Å²) in [6.45, 7) is 7.41. The molecule has 1 aliphatic carbocycles. The molecule has 11 nitrogen and oxygen atoms in total. The van der Waals surface area contributed by atoms with Gasteiger partial charge in [0.25, 0.3) is 0 Å². The highest BCUT2D eigenvalue weighted by Crippen LogP contribution is 2.46. The van der Waals surface area contributed by atoms with E-state index in [9.17, 15) is 26.4 Å². The van der Waals surface area contributed by atoms with Crippen molar-refractivity contribution in [1.29, 1.82) is 0 Å². The minimum atomic E-state index is -4.71. The minimum Gasteiger partial charge on any atom is -0.443 e. The van der Waals surface area contributed by atoms with Crippen molar-refractivity contribution in [2.75, 3.05) is 15.8 Å². The Morgan fingerprint density at radius 1 is 1.02 bits per heavy atom. The van der Waals surface area contributed by atoms with Crippen LogP contribution < -0.4 is 20.5 Å². The number of sulfonamides is 1. The number of primary amides is 1. The predicted molar refractivity (Wildman–Crippen MR) is 181 cm³/mol. The molecule has 4 N–H and O–H groups in total. The predicted octanol–water partition coefficient (Wildman–Crippen LogP) is 7.86. The highest BCUT2D eigenvalue weighted by molar-refractivity contribution is 7.92. The summed E-state index contributed by atoms with van der Waals surface area (Å²) in [4.78, 5) is 25.1. The van der Waals surface area contributed by atoms with E-state index in [0.29, 0.717) is 48.3 Å². The van der Waals surface area contributed by atoms with Crippen LogP contribution in [0.5, 0.6) is 11.6 Å². The van der Waals surface area contributed by atoms with Gasteiger partial charge in [0.1, 0.15) is 11.4 Å². The third-order valence-electron chi connectivity index (χ3n) is 8.93. The van der Waals surface area contributed by atoms with Crippen LogP contribution in [-0.2, 0) is 14.8 Å². The maximum atomic E-state index is 15.9. The third kappa shape index (κ3) is 8.17. The highest BCUT2D eigenvalue weighted by atomic mass is 32.2. The van der Waals surface area contributed by atoms with Crippen molar-refractivity contribution in [3.05, 3.63) is 66.2 Å². The summed E-state index contributed by atoms with van der Waals surface area (Å²) in [7, 11) is -4.55. The summed E-state index contributed by atoms with van der Waals surface area (Å²) in [5.41, 5.74) is 4.70. The van der Waals surface area contributed by atoms with Crippen molar-refractivity contribution in [2.24, 2.45) is 11.1 Å². The molecule has 50 heavy (non-hydrogen) atoms. The van der Waals surface area contributed by atoms with E-state index in [4.69, 9.17) is 15.2 Å². The maximum Gasteiger partial charge on any atom is 0.405 e. The van der Waals surface area contributed by atoms with Crippen LogP contribution in [0.3, 0.4) is 0 Å². The van der Waals surface area contributed by atoms with Crippen molar-refractivity contribution in [1.82, 2.24) is 15.0 Å². The molecule has 1 fully saturated rings. The quantitative estimate of drug-likeness (QED) is 0.139. The zero-order valence-electron chi connectivity index (χ0n) is 27.9. The molecule has 1 saturated carbocycles. The van der Waals surface area contributed by atoms with Crippen molar-refractivity contribution in [3.8, 4) is 22.9 Å². The molecule has 2 aromatic heterocycles. The Labute approximate surface area is 287 Å². The number of fused-ring (bicyclic) bond motifs is 1. The fourth-order valence-electron chi connectivity index (χ4n) is 6.15. The lowest BCUT2D eigenvalue weighted by Gasteiger charge is -2.47. The molecular formula is C34H38F4N6O5S. The van der Waals surface area contributed by atoms with Crippen LogP contribution in [-0.4, -0.2) is 53.0 Å². The van der Waals surface area contributed by atoms with E-state index in [2.05, 4.69) is 20.3 Å². The Morgan fingerprint density at radius 2 is 1.70 bits per heavy atom. The van der Waals surface area contributed by atoms with Crippen LogP contribution >= 0.6 is 0 Å². The summed E-state index contributed by atoms with van der Waals surface area (Å²) in [6, 6.07) is 11.2. The lowest BCUT2D eigenvalue weighted by molar-refractivity contribution is -0.129. The van der Waals surface area contributed by atoms with Crippen molar-refractivity contribution in [2.45, 2.75) is 77.6 Å². The number of rotatable bonds is 10. The van der Waals surface area contributed by atoms with Crippen LogP contribution in [0.25, 0.3) is 22.0 Å². The van der Waals surface area contributed by atoms with Gasteiger partial charge in [-0.2, -0.15) is 13.2 Å². The van der Waals surface area contributed by atoms with Gasteiger partial charge in [-0.3, -0.25) is 4.72 Å². The summed E-state index contributed by atoms with van der Waals surface area (Å²) in [6.07, 6.45) is -1.52. The molecule has 16 heteroatoms. The largest absolute Gasteiger partial charge is 0.443 e. The summed E-state index contributed by atoms with van der Waals surface area (Å²) in [5, 5.41) is 3.74. The summed E-state index contributed by atoms with van der Waals surface area (Å²) in [5.74, 6) is -1.83. The molecule has 0 unspecified atom stereocenters. The number of nitrogens with one attached hydrogen (secondary N) is 2. The number of aromatic nitrogens is 3. The molecule has 0 aliphatic heterocycles. The number of carbonyl (C=O) groups is 1. The highest BCUT2D eigenvalue weighted by Gasteiger charge is 2.47. The summed E-state index contributed by atoms with van der Waals surface area (Å²) >= 11 is 0. The van der Waals surface area contributed by atoms with Crippen LogP contribution in [0.2, 0.25) is 0 Å². The van der Waals surface area contributed by atoms with Crippen molar-refractivity contribution < 1.29 is 40.2 Å². The first-order chi connectivity index (χ1) is 23.4. The first-order valence-corrected chi connectivity index (χ1v) is 17.5. The van der Waals surface area contributed by atoms with Gasteiger partial charge in [0.15, 0.2) is 5.82 Å². The smallest absolute Gasteiger partial charge is 0.405 e. The average molecular weight is 719 g/mol. The Hall–Kier alpha value is -4.73. The van der Waals surface area contributed by atoms with Gasteiger partial charge >= 0.3 is 12.3 Å². The molecule has 1 amide bonds. The van der Waals surface area contributed by atoms with Crippen LogP contribution in [0, 0.1) is 18.2 Å². The molecule has 0 spiro atoms. The second-order valence-electron chi connectivity index (χ2n) is 13.3. The number of ether oxygens (including phenoxy) is 2. The van der Waals surface area contributed by atoms with Crippen molar-refractivity contribution in [3.63, 3.8) is 0 Å². The Morgan fingerprint density at radius 3 is 2.34 bits per heavy atom. The standard InChI is InChI=1S/C34H38F4N6O5S/c1-20-26(35)27(44-50(46,47)19-16-34(36,37)38)22-8-5-6-9-23(22)28(20)48-29-24(10-7-17-40-29)25-13-18-41-31(43-25)42-21-11-14-33(15-12-21,32(2,3)4)49-30(39)45/h5-10,13,17-18,21,44H,11-12,14-16,19H2,1-4H3,(H2,39,45)(H,41,42,43). The Bertz CT molecular complexity index is 1990. The van der Waals surface area contributed by atoms with E-state index < -0.39 is 51.6 Å². The van der Waals surface area contributed by atoms with Gasteiger partial charge in [0.05, 0.1) is 29.1 Å². The van der Waals surface area contributed by atoms with Crippen LogP contribution in [0.1, 0.15) is 58.4 Å². The number of benzene rings is 2. The zero-order chi connectivity index (χ0) is 36.5. The number of hydrogen-bond acceptors (Lipinski definition) is 9. The van der Waals surface area contributed by atoms with Gasteiger partial charge in [-0.1, -0.05) is 45.0 Å². The molecule has 1 aliphatic rings. The second kappa shape index (κ2) is 13.9. The van der Waals surface area contributed by atoms with E-state index >= 15 is 4.39 Å². The maximum absolute atomic E-state index is 15.9. The van der Waals surface area contributed by atoms with E-state index in [0.717, 1.165) is 0 Å². The number of halogens is 4. The van der Waals surface area contributed by atoms with Gasteiger partial charge in [0, 0.05) is 40.2 Å². The fourth-order valence-corrected chi connectivity index (χ4v) is 7.26. The molecule has 2 heterocycles. The normalized spacial score (nSPS) is 18.4. The number of amides is 1. The van der Waals surface area contributed by atoms with E-state index in [1.165, 1.54) is 25.3 Å². The fraction of sp³-hybridized carbons (Fsp3) is 0.412. The van der Waals surface area contributed by atoms with Gasteiger partial charge in [0.2, 0.25) is 21.9 Å². The van der Waals surface area contributed by atoms with E-state index in [1.807, 2.05) is 25.5 Å². The number of anilines is 2. The first-order valence-electron chi connectivity index (χ1n) is 15.9. The SMILES string of the molecule is Cc1c(F)c(NS(=O)(=O)CCC(F)(F)F)c2ccccc2c1Oc1ncccc1-c1ccnc(NC2CCC(OC(N)=O)(C(C)(C)C)CC2)n1. The molecule has 0 radical (unpaired) electrons. The molecule has 5 rings (SSSR count). The molecular weight excluding hydrogens is 680 g/mol. The Balaban J connectivity index is 1.41. The van der Waals surface area contributed by atoms with E-state index in [-0.39, 0.29) is 34.0 Å². The topological polar surface area (TPSA) is 158 Å². The van der Waals surface area contributed by atoms with Crippen LogP contribution in [0.4, 0.5) is 34.0 Å². The van der Waals surface area contributed by atoms with Gasteiger partial charge < -0.3 is 20.5 Å². The van der Waals surface area contributed by atoms with E-state index in [1.54, 1.807) is 36.5 Å². The van der Waals surface area contributed by atoms with Gasteiger partial charge in [-0.05, 0) is 50.8 Å². The first kappa shape index (κ1) is 36.5. The zero-order valence-corrected chi connectivity index (χ0v) is 28.7. The second-order valence-corrected chi connectivity index (χ2v) is 15.1. The lowest BCUT2D eigenvalue weighted by Crippen LogP contribution is -2.51. The third-order valence-corrected chi connectivity index (χ3v) is 10.2. The van der Waals surface area contributed by atoms with Crippen LogP contribution in [0.15, 0.2) is 54.9 Å². The molecule has 0 atom stereocenters. The molecule has 2 aromatic carbocycles. The number of alkyl halides is 3. The number of carbonyl (C=O) groups excluding carboxylic acids is 1. The lowest BCUT2D eigenvalue weighted by atomic mass is 9.67. The van der Waals surface area contributed by atoms with Crippen molar-refractivity contribution >= 4 is 38.5 Å². The van der Waals surface area contributed by atoms with Gasteiger partial charge in [-0.25, -0.2) is 32.6 Å². The number of nitrogens with zero attached hydrogens (tertiary/aromatic N) is 3. The Kier molecular flexibility index (Phi) is 10.1. The minimum absolute atomic E-state index is 0.0109. The molecule has 0 bridgehead atoms. The number of pyridine rings is 1. The van der Waals surface area contributed by atoms with Gasteiger partial charge in [-0.15, -0.1) is 0 Å². The average Bonchev–Trinajstić information content (AvgIpc) is 3.04. The monoisotopic (exact) mass is 718 g/mol. The number of nitrogens with two attached hydrogens (primary N) is 1. The number of hydrogen-bond donors (Lipinski definition) is 3.